The smallest absolute Gasteiger partial charge is 0.256 e. The van der Waals surface area contributed by atoms with Crippen LogP contribution in [-0.4, -0.2) is 34.4 Å². The van der Waals surface area contributed by atoms with Crippen LogP contribution in [0, 0.1) is 0 Å². The highest BCUT2D eigenvalue weighted by Crippen LogP contribution is 2.31. The first-order chi connectivity index (χ1) is 8.41. The molecule has 0 saturated carbocycles. The lowest BCUT2D eigenvalue weighted by atomic mass is 10.1. The molecule has 1 aromatic carbocycles. The molecule has 0 bridgehead atoms. The Kier molecular flexibility index (Phi) is 3.78. The van der Waals surface area contributed by atoms with E-state index in [0.717, 1.165) is 18.8 Å². The fourth-order valence-corrected chi connectivity index (χ4v) is 3.37. The Hall–Kier alpha value is -0.870. The number of hydrogen-bond acceptors (Lipinski definition) is 3. The standard InChI is InChI=1S/C13H17ClN2OS/c1-13(2)8-16(6-7-18-13)12(17)9-4-3-5-10(14)11(9)15/h3-5H,6-8,15H2,1-2H3. The first-order valence-electron chi connectivity index (χ1n) is 5.88. The SMILES string of the molecule is CC1(C)CN(C(=O)c2cccc(Cl)c2N)CCS1. The van der Waals surface area contributed by atoms with Crippen LogP contribution < -0.4 is 5.73 Å². The van der Waals surface area contributed by atoms with Gasteiger partial charge >= 0.3 is 0 Å². The van der Waals surface area contributed by atoms with E-state index in [2.05, 4.69) is 13.8 Å². The lowest BCUT2D eigenvalue weighted by molar-refractivity contribution is 0.0749. The van der Waals surface area contributed by atoms with Gasteiger partial charge in [0.15, 0.2) is 0 Å². The fraction of sp³-hybridized carbons (Fsp3) is 0.462. The maximum Gasteiger partial charge on any atom is 0.256 e. The van der Waals surface area contributed by atoms with Crippen molar-refractivity contribution in [2.24, 2.45) is 0 Å². The number of nitrogens with two attached hydrogens (primary N) is 1. The molecule has 1 aliphatic heterocycles. The maximum atomic E-state index is 12.4. The molecule has 3 nitrogen and oxygen atoms in total. The Balaban J connectivity index is 2.23. The van der Waals surface area contributed by atoms with Crippen LogP contribution in [0.25, 0.3) is 0 Å². The zero-order valence-electron chi connectivity index (χ0n) is 10.6. The monoisotopic (exact) mass is 284 g/mol. The number of nitrogen functional groups attached to an aromatic ring is 1. The van der Waals surface area contributed by atoms with Gasteiger partial charge in [0.25, 0.3) is 5.91 Å². The zero-order valence-corrected chi connectivity index (χ0v) is 12.1. The molecule has 1 saturated heterocycles. The van der Waals surface area contributed by atoms with E-state index in [-0.39, 0.29) is 10.7 Å². The number of thioether (sulfide) groups is 1. The van der Waals surface area contributed by atoms with Gasteiger partial charge in [-0.2, -0.15) is 11.8 Å². The molecule has 0 atom stereocenters. The molecule has 0 unspecified atom stereocenters. The normalized spacial score (nSPS) is 18.7. The van der Waals surface area contributed by atoms with Crippen LogP contribution in [0.1, 0.15) is 24.2 Å². The van der Waals surface area contributed by atoms with Crippen molar-refractivity contribution >= 4 is 35.0 Å². The van der Waals surface area contributed by atoms with Crippen molar-refractivity contribution in [1.29, 1.82) is 0 Å². The molecule has 0 aromatic heterocycles. The quantitative estimate of drug-likeness (QED) is 0.807. The molecule has 1 fully saturated rings. The molecule has 18 heavy (non-hydrogen) atoms. The van der Waals surface area contributed by atoms with E-state index < -0.39 is 0 Å². The fourth-order valence-electron chi connectivity index (χ4n) is 2.08. The Bertz CT molecular complexity index is 476. The summed E-state index contributed by atoms with van der Waals surface area (Å²) in [6, 6.07) is 5.19. The molecule has 1 amide bonds. The summed E-state index contributed by atoms with van der Waals surface area (Å²) in [4.78, 5) is 14.3. The summed E-state index contributed by atoms with van der Waals surface area (Å²) in [5, 5.41) is 0.437. The molecule has 1 aromatic rings. The minimum absolute atomic E-state index is 0.0247. The van der Waals surface area contributed by atoms with Gasteiger partial charge in [-0.05, 0) is 26.0 Å². The van der Waals surface area contributed by atoms with E-state index >= 15 is 0 Å². The minimum Gasteiger partial charge on any atom is -0.397 e. The minimum atomic E-state index is -0.0247. The van der Waals surface area contributed by atoms with Gasteiger partial charge in [0.05, 0.1) is 16.3 Å². The average Bonchev–Trinajstić information content (AvgIpc) is 2.30. The van der Waals surface area contributed by atoms with E-state index in [1.807, 2.05) is 16.7 Å². The van der Waals surface area contributed by atoms with E-state index in [0.29, 0.717) is 16.3 Å². The van der Waals surface area contributed by atoms with Crippen molar-refractivity contribution in [1.82, 2.24) is 4.90 Å². The van der Waals surface area contributed by atoms with Crippen LogP contribution in [0.2, 0.25) is 5.02 Å². The van der Waals surface area contributed by atoms with Crippen LogP contribution in [0.15, 0.2) is 18.2 Å². The van der Waals surface area contributed by atoms with Crippen molar-refractivity contribution in [3.05, 3.63) is 28.8 Å². The first-order valence-corrected chi connectivity index (χ1v) is 7.24. The van der Waals surface area contributed by atoms with Crippen LogP contribution in [-0.2, 0) is 0 Å². The largest absolute Gasteiger partial charge is 0.397 e. The van der Waals surface area contributed by atoms with Gasteiger partial charge in [-0.25, -0.2) is 0 Å². The lowest BCUT2D eigenvalue weighted by Crippen LogP contribution is -2.46. The van der Waals surface area contributed by atoms with E-state index in [1.54, 1.807) is 18.2 Å². The van der Waals surface area contributed by atoms with Gasteiger partial charge in [-0.15, -0.1) is 0 Å². The molecular formula is C13H17ClN2OS. The number of hydrogen-bond donors (Lipinski definition) is 1. The van der Waals surface area contributed by atoms with Crippen molar-refractivity contribution < 1.29 is 4.79 Å². The molecule has 0 aliphatic carbocycles. The summed E-state index contributed by atoms with van der Waals surface area (Å²) in [6.07, 6.45) is 0. The summed E-state index contributed by atoms with van der Waals surface area (Å²) >= 11 is 7.85. The third kappa shape index (κ3) is 2.75. The van der Waals surface area contributed by atoms with E-state index in [4.69, 9.17) is 17.3 Å². The summed E-state index contributed by atoms with van der Waals surface area (Å²) < 4.78 is 0.0985. The number of halogens is 1. The topological polar surface area (TPSA) is 46.3 Å². The number of benzene rings is 1. The van der Waals surface area contributed by atoms with Gasteiger partial charge in [0.1, 0.15) is 0 Å². The van der Waals surface area contributed by atoms with E-state index in [9.17, 15) is 4.79 Å². The number of amides is 1. The second-order valence-corrected chi connectivity index (χ2v) is 7.25. The molecule has 0 radical (unpaired) electrons. The van der Waals surface area contributed by atoms with Gasteiger partial charge < -0.3 is 10.6 Å². The third-order valence-electron chi connectivity index (χ3n) is 3.00. The highest BCUT2D eigenvalue weighted by molar-refractivity contribution is 8.00. The number of anilines is 1. The Morgan fingerprint density at radius 1 is 1.50 bits per heavy atom. The summed E-state index contributed by atoms with van der Waals surface area (Å²) in [6.45, 7) is 5.80. The van der Waals surface area contributed by atoms with Crippen LogP contribution in [0.5, 0.6) is 0 Å². The Morgan fingerprint density at radius 2 is 2.22 bits per heavy atom. The van der Waals surface area contributed by atoms with Gasteiger partial charge in [-0.1, -0.05) is 17.7 Å². The number of rotatable bonds is 1. The predicted molar refractivity (Wildman–Crippen MR) is 78.3 cm³/mol. The van der Waals surface area contributed by atoms with Crippen molar-refractivity contribution in [2.75, 3.05) is 24.6 Å². The lowest BCUT2D eigenvalue weighted by Gasteiger charge is -2.37. The average molecular weight is 285 g/mol. The molecule has 1 aliphatic rings. The third-order valence-corrected chi connectivity index (χ3v) is 4.62. The van der Waals surface area contributed by atoms with Crippen molar-refractivity contribution in [3.63, 3.8) is 0 Å². The van der Waals surface area contributed by atoms with Gasteiger partial charge in [-0.3, -0.25) is 4.79 Å². The van der Waals surface area contributed by atoms with Crippen LogP contribution in [0.4, 0.5) is 5.69 Å². The first kappa shape index (κ1) is 13.6. The zero-order chi connectivity index (χ0) is 13.3. The van der Waals surface area contributed by atoms with Gasteiger partial charge in [0.2, 0.25) is 0 Å². The second kappa shape index (κ2) is 5.02. The summed E-state index contributed by atoms with van der Waals surface area (Å²) in [5.74, 6) is 0.933. The van der Waals surface area contributed by atoms with Crippen LogP contribution >= 0.6 is 23.4 Å². The number of carbonyl (C=O) groups is 1. The van der Waals surface area contributed by atoms with Crippen molar-refractivity contribution in [3.8, 4) is 0 Å². The predicted octanol–water partition coefficient (Wildman–Crippen LogP) is 2.89. The Morgan fingerprint density at radius 3 is 2.89 bits per heavy atom. The van der Waals surface area contributed by atoms with E-state index in [1.165, 1.54) is 0 Å². The number of para-hydroxylation sites is 1. The van der Waals surface area contributed by atoms with Crippen molar-refractivity contribution in [2.45, 2.75) is 18.6 Å². The summed E-state index contributed by atoms with van der Waals surface area (Å²) in [7, 11) is 0. The van der Waals surface area contributed by atoms with Crippen LogP contribution in [0.3, 0.4) is 0 Å². The molecule has 2 rings (SSSR count). The number of carbonyl (C=O) groups excluding carboxylic acids is 1. The molecule has 98 valence electrons. The molecule has 1 heterocycles. The Labute approximate surface area is 117 Å². The molecular weight excluding hydrogens is 268 g/mol. The molecule has 0 spiro atoms. The number of nitrogens with zero attached hydrogens (tertiary/aromatic N) is 1. The maximum absolute atomic E-state index is 12.4. The highest BCUT2D eigenvalue weighted by Gasteiger charge is 2.30. The van der Waals surface area contributed by atoms with Gasteiger partial charge in [0, 0.05) is 23.6 Å². The molecule has 5 heteroatoms. The highest BCUT2D eigenvalue weighted by atomic mass is 35.5. The molecule has 2 N–H and O–H groups in total. The summed E-state index contributed by atoms with van der Waals surface area (Å²) in [5.41, 5.74) is 6.75. The second-order valence-electron chi connectivity index (χ2n) is 5.04.